The number of carbonyl (C=O) groups is 1. The highest BCUT2D eigenvalue weighted by atomic mass is 16.4. The predicted molar refractivity (Wildman–Crippen MR) is 52.9 cm³/mol. The molecule has 0 aliphatic rings. The Balaban J connectivity index is 4.63. The van der Waals surface area contributed by atoms with E-state index >= 15 is 0 Å². The largest absolute Gasteiger partial charge is 0.481 e. The highest BCUT2D eigenvalue weighted by molar-refractivity contribution is 5.74. The molecule has 14 heavy (non-hydrogen) atoms. The summed E-state index contributed by atoms with van der Waals surface area (Å²) in [6, 6.07) is 0. The van der Waals surface area contributed by atoms with E-state index in [4.69, 9.17) is 15.3 Å². The predicted octanol–water partition coefficient (Wildman–Crippen LogP) is 0.868. The van der Waals surface area contributed by atoms with Crippen LogP contribution in [-0.4, -0.2) is 34.5 Å². The molecular formula is C10H20O4. The van der Waals surface area contributed by atoms with Crippen molar-refractivity contribution >= 4 is 5.97 Å². The van der Waals surface area contributed by atoms with Crippen LogP contribution in [0.4, 0.5) is 0 Å². The van der Waals surface area contributed by atoms with E-state index in [1.54, 1.807) is 0 Å². The summed E-state index contributed by atoms with van der Waals surface area (Å²) < 4.78 is 0. The van der Waals surface area contributed by atoms with Crippen molar-refractivity contribution in [2.24, 2.45) is 11.3 Å². The molecule has 2 atom stereocenters. The van der Waals surface area contributed by atoms with E-state index < -0.39 is 11.4 Å². The number of aliphatic hydroxyl groups excluding tert-OH is 2. The minimum absolute atomic E-state index is 0.0342. The van der Waals surface area contributed by atoms with Crippen molar-refractivity contribution in [1.82, 2.24) is 0 Å². The summed E-state index contributed by atoms with van der Waals surface area (Å²) in [5.74, 6) is -1.16. The van der Waals surface area contributed by atoms with Crippen molar-refractivity contribution in [2.45, 2.75) is 33.1 Å². The Morgan fingerprint density at radius 2 is 1.93 bits per heavy atom. The number of carboxylic acids is 1. The summed E-state index contributed by atoms with van der Waals surface area (Å²) in [6.45, 7) is 3.08. The fourth-order valence-corrected chi connectivity index (χ4v) is 1.66. The summed E-state index contributed by atoms with van der Waals surface area (Å²) in [6.07, 6.45) is 1.99. The van der Waals surface area contributed by atoms with Crippen molar-refractivity contribution in [3.8, 4) is 0 Å². The van der Waals surface area contributed by atoms with Crippen molar-refractivity contribution in [2.75, 3.05) is 13.2 Å². The number of rotatable bonds is 7. The summed E-state index contributed by atoms with van der Waals surface area (Å²) in [7, 11) is 0. The lowest BCUT2D eigenvalue weighted by Crippen LogP contribution is -2.39. The number of hydrogen-bond acceptors (Lipinski definition) is 3. The Labute approximate surface area is 84.6 Å². The van der Waals surface area contributed by atoms with Gasteiger partial charge in [0.05, 0.1) is 12.0 Å². The van der Waals surface area contributed by atoms with Crippen molar-refractivity contribution in [1.29, 1.82) is 0 Å². The van der Waals surface area contributed by atoms with E-state index in [1.807, 2.05) is 6.92 Å². The number of hydrogen-bond donors (Lipinski definition) is 3. The normalized spacial score (nSPS) is 17.4. The van der Waals surface area contributed by atoms with Gasteiger partial charge < -0.3 is 15.3 Å². The molecule has 4 heteroatoms. The fourth-order valence-electron chi connectivity index (χ4n) is 1.66. The minimum Gasteiger partial charge on any atom is -0.481 e. The summed E-state index contributed by atoms with van der Waals surface area (Å²) in [5.41, 5.74) is -1.13. The molecule has 0 saturated heterocycles. The Bertz CT molecular complexity index is 175. The SMILES string of the molecule is CCCC(CCO)C(C)(CO)C(=O)O. The van der Waals surface area contributed by atoms with Crippen LogP contribution in [0.15, 0.2) is 0 Å². The van der Waals surface area contributed by atoms with Gasteiger partial charge in [-0.15, -0.1) is 0 Å². The topological polar surface area (TPSA) is 77.8 Å². The molecule has 0 aromatic rings. The van der Waals surface area contributed by atoms with Gasteiger partial charge in [0.1, 0.15) is 0 Å². The zero-order valence-electron chi connectivity index (χ0n) is 8.86. The second-order valence-corrected chi connectivity index (χ2v) is 3.88. The Morgan fingerprint density at radius 3 is 2.21 bits per heavy atom. The molecule has 0 fully saturated rings. The molecule has 0 amide bonds. The van der Waals surface area contributed by atoms with Gasteiger partial charge in [-0.25, -0.2) is 0 Å². The fraction of sp³-hybridized carbons (Fsp3) is 0.900. The molecule has 0 aliphatic carbocycles. The number of carboxylic acid groups (broad SMARTS) is 1. The average Bonchev–Trinajstić information content (AvgIpc) is 2.16. The maximum absolute atomic E-state index is 11.0. The van der Waals surface area contributed by atoms with Gasteiger partial charge in [-0.2, -0.15) is 0 Å². The highest BCUT2D eigenvalue weighted by Gasteiger charge is 2.39. The highest BCUT2D eigenvalue weighted by Crippen LogP contribution is 2.33. The molecule has 0 spiro atoms. The van der Waals surface area contributed by atoms with E-state index in [0.717, 1.165) is 6.42 Å². The molecule has 2 unspecified atom stereocenters. The van der Waals surface area contributed by atoms with Crippen molar-refractivity contribution < 1.29 is 20.1 Å². The minimum atomic E-state index is -1.13. The smallest absolute Gasteiger partial charge is 0.311 e. The summed E-state index contributed by atoms with van der Waals surface area (Å²) >= 11 is 0. The lowest BCUT2D eigenvalue weighted by atomic mass is 9.74. The zero-order valence-corrected chi connectivity index (χ0v) is 8.86. The van der Waals surface area contributed by atoms with Crippen LogP contribution in [0.3, 0.4) is 0 Å². The quantitative estimate of drug-likeness (QED) is 0.575. The first-order valence-electron chi connectivity index (χ1n) is 4.98. The molecule has 4 nitrogen and oxygen atoms in total. The lowest BCUT2D eigenvalue weighted by Gasteiger charge is -2.31. The summed E-state index contributed by atoms with van der Waals surface area (Å²) in [5, 5.41) is 27.0. The van der Waals surface area contributed by atoms with Crippen LogP contribution < -0.4 is 0 Å². The monoisotopic (exact) mass is 204 g/mol. The maximum Gasteiger partial charge on any atom is 0.311 e. The van der Waals surface area contributed by atoms with E-state index in [2.05, 4.69) is 0 Å². The second kappa shape index (κ2) is 5.98. The molecule has 3 N–H and O–H groups in total. The third kappa shape index (κ3) is 2.96. The first kappa shape index (κ1) is 13.4. The molecule has 0 saturated carbocycles. The third-order valence-corrected chi connectivity index (χ3v) is 2.83. The van der Waals surface area contributed by atoms with Crippen molar-refractivity contribution in [3.63, 3.8) is 0 Å². The van der Waals surface area contributed by atoms with Gasteiger partial charge in [0, 0.05) is 6.61 Å². The standard InChI is InChI=1S/C10H20O4/c1-3-4-8(5-6-11)10(2,7-12)9(13)14/h8,11-12H,3-7H2,1-2H3,(H,13,14). The van der Waals surface area contributed by atoms with Gasteiger partial charge in [-0.3, -0.25) is 4.79 Å². The first-order valence-corrected chi connectivity index (χ1v) is 4.98. The second-order valence-electron chi connectivity index (χ2n) is 3.88. The maximum atomic E-state index is 11.0. The average molecular weight is 204 g/mol. The molecule has 0 aliphatic heterocycles. The van der Waals surface area contributed by atoms with Gasteiger partial charge in [0.2, 0.25) is 0 Å². The first-order chi connectivity index (χ1) is 6.52. The Morgan fingerprint density at radius 1 is 1.36 bits per heavy atom. The lowest BCUT2D eigenvalue weighted by molar-refractivity contribution is -0.155. The van der Waals surface area contributed by atoms with E-state index in [-0.39, 0.29) is 19.1 Å². The molecule has 0 bridgehead atoms. The van der Waals surface area contributed by atoms with E-state index in [0.29, 0.717) is 12.8 Å². The number of aliphatic carboxylic acids is 1. The van der Waals surface area contributed by atoms with Gasteiger partial charge in [-0.1, -0.05) is 13.3 Å². The van der Waals surface area contributed by atoms with Crippen LogP contribution in [0.2, 0.25) is 0 Å². The van der Waals surface area contributed by atoms with Crippen LogP contribution in [0.5, 0.6) is 0 Å². The summed E-state index contributed by atoms with van der Waals surface area (Å²) in [4.78, 5) is 11.0. The molecule has 0 aromatic heterocycles. The van der Waals surface area contributed by atoms with E-state index in [1.165, 1.54) is 6.92 Å². The van der Waals surface area contributed by atoms with Gasteiger partial charge in [0.25, 0.3) is 0 Å². The molecule has 0 aromatic carbocycles. The van der Waals surface area contributed by atoms with Gasteiger partial charge in [0.15, 0.2) is 0 Å². The molecule has 0 heterocycles. The molecule has 84 valence electrons. The van der Waals surface area contributed by atoms with Gasteiger partial charge >= 0.3 is 5.97 Å². The van der Waals surface area contributed by atoms with Crippen LogP contribution in [0.1, 0.15) is 33.1 Å². The Kier molecular flexibility index (Phi) is 5.72. The van der Waals surface area contributed by atoms with Crippen LogP contribution in [0.25, 0.3) is 0 Å². The molecule has 0 rings (SSSR count). The van der Waals surface area contributed by atoms with Crippen molar-refractivity contribution in [3.05, 3.63) is 0 Å². The van der Waals surface area contributed by atoms with Crippen LogP contribution in [-0.2, 0) is 4.79 Å². The van der Waals surface area contributed by atoms with Crippen LogP contribution in [0, 0.1) is 11.3 Å². The molecule has 0 radical (unpaired) electrons. The molecular weight excluding hydrogens is 184 g/mol. The van der Waals surface area contributed by atoms with Crippen LogP contribution >= 0.6 is 0 Å². The Hall–Kier alpha value is -0.610. The van der Waals surface area contributed by atoms with Gasteiger partial charge in [-0.05, 0) is 25.7 Å². The zero-order chi connectivity index (χ0) is 11.2. The van der Waals surface area contributed by atoms with E-state index in [9.17, 15) is 4.79 Å². The third-order valence-electron chi connectivity index (χ3n) is 2.83. The number of aliphatic hydroxyl groups is 2.